The zero-order chi connectivity index (χ0) is 15.9. The summed E-state index contributed by atoms with van der Waals surface area (Å²) >= 11 is 0. The SMILES string of the molecule is Nc1nc(=O)n(C2OC(CO)C(O)C2O)cc1-c1cn[nH]n1. The van der Waals surface area contributed by atoms with E-state index in [1.807, 2.05) is 0 Å². The number of ether oxygens (including phenoxy) is 1. The van der Waals surface area contributed by atoms with Crippen LogP contribution in [0.5, 0.6) is 0 Å². The number of nitrogens with zero attached hydrogens (tertiary/aromatic N) is 4. The third kappa shape index (κ3) is 2.25. The minimum Gasteiger partial charge on any atom is -0.394 e. The zero-order valence-corrected chi connectivity index (χ0v) is 11.2. The third-order valence-electron chi connectivity index (χ3n) is 3.46. The lowest BCUT2D eigenvalue weighted by Gasteiger charge is -2.18. The van der Waals surface area contributed by atoms with Gasteiger partial charge in [0.25, 0.3) is 0 Å². The van der Waals surface area contributed by atoms with E-state index in [0.29, 0.717) is 11.3 Å². The normalized spacial score (nSPS) is 28.1. The van der Waals surface area contributed by atoms with Gasteiger partial charge in [0, 0.05) is 6.20 Å². The molecule has 4 atom stereocenters. The second kappa shape index (κ2) is 5.46. The van der Waals surface area contributed by atoms with Crippen LogP contribution < -0.4 is 11.4 Å². The van der Waals surface area contributed by atoms with Crippen molar-refractivity contribution in [3.63, 3.8) is 0 Å². The van der Waals surface area contributed by atoms with E-state index in [4.69, 9.17) is 15.6 Å². The van der Waals surface area contributed by atoms with Gasteiger partial charge in [0.15, 0.2) is 6.23 Å². The van der Waals surface area contributed by atoms with Crippen LogP contribution in [0, 0.1) is 0 Å². The van der Waals surface area contributed by atoms with Gasteiger partial charge < -0.3 is 25.8 Å². The van der Waals surface area contributed by atoms with Crippen LogP contribution in [0.2, 0.25) is 0 Å². The molecule has 2 aromatic heterocycles. The topological polar surface area (TPSA) is 172 Å². The summed E-state index contributed by atoms with van der Waals surface area (Å²) in [5.41, 5.74) is 5.60. The van der Waals surface area contributed by atoms with Crippen molar-refractivity contribution >= 4 is 5.82 Å². The van der Waals surface area contributed by atoms with Gasteiger partial charge in [-0.25, -0.2) is 4.79 Å². The number of anilines is 1. The fourth-order valence-electron chi connectivity index (χ4n) is 2.30. The Balaban J connectivity index is 2.05. The van der Waals surface area contributed by atoms with Gasteiger partial charge in [-0.15, -0.1) is 0 Å². The Morgan fingerprint density at radius 3 is 2.77 bits per heavy atom. The average molecular weight is 310 g/mol. The van der Waals surface area contributed by atoms with Crippen LogP contribution in [0.3, 0.4) is 0 Å². The predicted octanol–water partition coefficient (Wildman–Crippen LogP) is -2.78. The smallest absolute Gasteiger partial charge is 0.351 e. The van der Waals surface area contributed by atoms with Crippen LogP contribution in [-0.2, 0) is 4.74 Å². The number of aromatic nitrogens is 5. The van der Waals surface area contributed by atoms with Crippen molar-refractivity contribution in [1.29, 1.82) is 0 Å². The van der Waals surface area contributed by atoms with E-state index in [2.05, 4.69) is 20.4 Å². The highest BCUT2D eigenvalue weighted by Crippen LogP contribution is 2.29. The molecule has 0 spiro atoms. The van der Waals surface area contributed by atoms with E-state index >= 15 is 0 Å². The summed E-state index contributed by atoms with van der Waals surface area (Å²) in [5.74, 6) is -0.0538. The van der Waals surface area contributed by atoms with Gasteiger partial charge in [-0.05, 0) is 0 Å². The number of hydrogen-bond acceptors (Lipinski definition) is 9. The van der Waals surface area contributed by atoms with Crippen LogP contribution in [-0.4, -0.2) is 65.2 Å². The van der Waals surface area contributed by atoms with Gasteiger partial charge in [0.2, 0.25) is 0 Å². The first-order valence-corrected chi connectivity index (χ1v) is 6.40. The molecular weight excluding hydrogens is 296 g/mol. The molecule has 0 aromatic carbocycles. The minimum atomic E-state index is -1.40. The first kappa shape index (κ1) is 14.6. The number of H-pyrrole nitrogens is 1. The van der Waals surface area contributed by atoms with Crippen molar-refractivity contribution in [2.75, 3.05) is 12.3 Å². The first-order valence-electron chi connectivity index (χ1n) is 6.40. The van der Waals surface area contributed by atoms with Gasteiger partial charge in [0.1, 0.15) is 29.8 Å². The largest absolute Gasteiger partial charge is 0.394 e. The Morgan fingerprint density at radius 1 is 1.41 bits per heavy atom. The molecule has 3 heterocycles. The van der Waals surface area contributed by atoms with Gasteiger partial charge in [-0.3, -0.25) is 4.57 Å². The number of aromatic amines is 1. The van der Waals surface area contributed by atoms with E-state index in [1.165, 1.54) is 12.4 Å². The van der Waals surface area contributed by atoms with E-state index in [9.17, 15) is 15.0 Å². The van der Waals surface area contributed by atoms with E-state index in [-0.39, 0.29) is 5.82 Å². The van der Waals surface area contributed by atoms with E-state index in [0.717, 1.165) is 4.57 Å². The minimum absolute atomic E-state index is 0.0538. The summed E-state index contributed by atoms with van der Waals surface area (Å²) in [7, 11) is 0. The monoisotopic (exact) mass is 310 g/mol. The zero-order valence-electron chi connectivity index (χ0n) is 11.2. The second-order valence-corrected chi connectivity index (χ2v) is 4.81. The van der Waals surface area contributed by atoms with Crippen LogP contribution in [0.1, 0.15) is 6.23 Å². The highest BCUT2D eigenvalue weighted by molar-refractivity contribution is 5.68. The highest BCUT2D eigenvalue weighted by Gasteiger charge is 2.44. The molecule has 0 bridgehead atoms. The summed E-state index contributed by atoms with van der Waals surface area (Å²) in [5, 5.41) is 38.7. The Bertz CT molecular complexity index is 716. The molecule has 1 aliphatic rings. The Morgan fingerprint density at radius 2 is 2.18 bits per heavy atom. The molecular formula is C11H14N6O5. The van der Waals surface area contributed by atoms with Crippen molar-refractivity contribution in [2.45, 2.75) is 24.5 Å². The molecule has 11 nitrogen and oxygen atoms in total. The molecule has 6 N–H and O–H groups in total. The first-order chi connectivity index (χ1) is 10.5. The summed E-state index contributed by atoms with van der Waals surface area (Å²) < 4.78 is 6.29. The number of hydrogen-bond donors (Lipinski definition) is 5. The quantitative estimate of drug-likeness (QED) is 0.402. The van der Waals surface area contributed by atoms with Gasteiger partial charge in [-0.1, -0.05) is 0 Å². The van der Waals surface area contributed by atoms with Crippen molar-refractivity contribution in [1.82, 2.24) is 25.0 Å². The predicted molar refractivity (Wildman–Crippen MR) is 71.3 cm³/mol. The number of rotatable bonds is 3. The number of aliphatic hydroxyl groups is 3. The molecule has 0 saturated carbocycles. The highest BCUT2D eigenvalue weighted by atomic mass is 16.6. The molecule has 4 unspecified atom stereocenters. The lowest BCUT2D eigenvalue weighted by Crippen LogP contribution is -2.36. The van der Waals surface area contributed by atoms with Crippen LogP contribution in [0.25, 0.3) is 11.3 Å². The number of nitrogen functional groups attached to an aromatic ring is 1. The summed E-state index contributed by atoms with van der Waals surface area (Å²) in [4.78, 5) is 15.6. The number of nitrogens with two attached hydrogens (primary N) is 1. The lowest BCUT2D eigenvalue weighted by atomic mass is 10.1. The molecule has 2 aromatic rings. The Hall–Kier alpha value is -2.34. The number of nitrogens with one attached hydrogen (secondary N) is 1. The summed E-state index contributed by atoms with van der Waals surface area (Å²) in [6.45, 7) is -0.498. The molecule has 118 valence electrons. The standard InChI is InChI=1S/C11H14N6O5/c12-9-4(5-1-13-16-15-5)2-17(11(21)14-9)10-8(20)7(19)6(3-18)22-10/h1-2,6-8,10,18-20H,3H2,(H2,12,14,21)(H,13,15,16). The molecule has 22 heavy (non-hydrogen) atoms. The van der Waals surface area contributed by atoms with Crippen LogP contribution >= 0.6 is 0 Å². The van der Waals surface area contributed by atoms with Crippen LogP contribution in [0.15, 0.2) is 17.2 Å². The van der Waals surface area contributed by atoms with E-state index in [1.54, 1.807) is 0 Å². The van der Waals surface area contributed by atoms with Crippen molar-refractivity contribution in [3.05, 3.63) is 22.9 Å². The summed E-state index contributed by atoms with van der Waals surface area (Å²) in [6.07, 6.45) is -2.22. The summed E-state index contributed by atoms with van der Waals surface area (Å²) in [6, 6.07) is 0. The van der Waals surface area contributed by atoms with Gasteiger partial charge in [-0.2, -0.15) is 20.4 Å². The van der Waals surface area contributed by atoms with E-state index < -0.39 is 36.8 Å². The third-order valence-corrected chi connectivity index (χ3v) is 3.46. The molecule has 3 rings (SSSR count). The lowest BCUT2D eigenvalue weighted by molar-refractivity contribution is -0.0548. The fraction of sp³-hybridized carbons (Fsp3) is 0.455. The molecule has 1 aliphatic heterocycles. The van der Waals surface area contributed by atoms with Gasteiger partial charge >= 0.3 is 5.69 Å². The molecule has 11 heteroatoms. The maximum absolute atomic E-state index is 12.0. The van der Waals surface area contributed by atoms with Gasteiger partial charge in [0.05, 0.1) is 18.4 Å². The second-order valence-electron chi connectivity index (χ2n) is 4.81. The van der Waals surface area contributed by atoms with Crippen molar-refractivity contribution in [3.8, 4) is 11.3 Å². The molecule has 1 saturated heterocycles. The fourth-order valence-corrected chi connectivity index (χ4v) is 2.30. The number of aliphatic hydroxyl groups excluding tert-OH is 3. The Labute approximate surface area is 123 Å². The van der Waals surface area contributed by atoms with Crippen molar-refractivity contribution in [2.24, 2.45) is 0 Å². The maximum Gasteiger partial charge on any atom is 0.351 e. The maximum atomic E-state index is 12.0. The molecule has 0 radical (unpaired) electrons. The van der Waals surface area contributed by atoms with Crippen LogP contribution in [0.4, 0.5) is 5.82 Å². The molecule has 1 fully saturated rings. The van der Waals surface area contributed by atoms with Crippen molar-refractivity contribution < 1.29 is 20.1 Å². The average Bonchev–Trinajstić information content (AvgIpc) is 3.10. The Kier molecular flexibility index (Phi) is 3.62. The molecule has 0 amide bonds. The molecule has 0 aliphatic carbocycles.